The number of fused-ring (bicyclic) bond motifs is 1. The summed E-state index contributed by atoms with van der Waals surface area (Å²) < 4.78 is 15.0. The number of imidazole rings is 1. The van der Waals surface area contributed by atoms with Gasteiger partial charge >= 0.3 is 5.69 Å². The summed E-state index contributed by atoms with van der Waals surface area (Å²) in [6.45, 7) is 2.97. The first-order chi connectivity index (χ1) is 14.3. The maximum atomic E-state index is 12.4. The van der Waals surface area contributed by atoms with Crippen LogP contribution in [0.4, 0.5) is 0 Å². The van der Waals surface area contributed by atoms with Gasteiger partial charge in [0.15, 0.2) is 15.9 Å². The quantitative estimate of drug-likeness (QED) is 0.377. The van der Waals surface area contributed by atoms with Gasteiger partial charge in [-0.05, 0) is 47.1 Å². The molecule has 0 atom stereocenters. The van der Waals surface area contributed by atoms with Crippen LogP contribution in [-0.2, 0) is 25.4 Å². The second kappa shape index (κ2) is 9.16. The lowest BCUT2D eigenvalue weighted by Crippen LogP contribution is -2.38. The lowest BCUT2D eigenvalue weighted by Gasteiger charge is -2.11. The van der Waals surface area contributed by atoms with Gasteiger partial charge in [0, 0.05) is 14.1 Å². The number of amides is 1. The van der Waals surface area contributed by atoms with Crippen molar-refractivity contribution in [2.45, 2.75) is 13.5 Å². The Morgan fingerprint density at radius 2 is 1.73 bits per heavy atom. The van der Waals surface area contributed by atoms with Gasteiger partial charge in [0.05, 0.1) is 13.2 Å². The molecule has 0 bridgehead atoms. The minimum absolute atomic E-state index is 0.109. The maximum Gasteiger partial charge on any atom is 0.332 e. The van der Waals surface area contributed by atoms with Gasteiger partial charge in [0.25, 0.3) is 5.56 Å². The zero-order chi connectivity index (χ0) is 21.8. The fourth-order valence-corrected chi connectivity index (χ4v) is 3.43. The number of halogens is 1. The molecule has 3 aromatic rings. The molecule has 0 aliphatic carbocycles. The molecule has 0 unspecified atom stereocenters. The highest BCUT2D eigenvalue weighted by molar-refractivity contribution is 9.10. The summed E-state index contributed by atoms with van der Waals surface area (Å²) in [5.41, 5.74) is -0.629. The summed E-state index contributed by atoms with van der Waals surface area (Å²) in [7, 11) is 2.91. The van der Waals surface area contributed by atoms with E-state index in [-0.39, 0.29) is 41.5 Å². The van der Waals surface area contributed by atoms with E-state index in [9.17, 15) is 14.4 Å². The topological polar surface area (TPSA) is 109 Å². The van der Waals surface area contributed by atoms with Crippen molar-refractivity contribution >= 4 is 33.0 Å². The van der Waals surface area contributed by atoms with Crippen molar-refractivity contribution in [2.24, 2.45) is 14.1 Å². The molecule has 0 aliphatic heterocycles. The summed E-state index contributed by atoms with van der Waals surface area (Å²) in [5.74, 6) is 1.13. The van der Waals surface area contributed by atoms with E-state index in [1.807, 2.05) is 19.1 Å². The van der Waals surface area contributed by atoms with Crippen molar-refractivity contribution in [2.75, 3.05) is 19.8 Å². The number of benzene rings is 1. The Labute approximate surface area is 180 Å². The van der Waals surface area contributed by atoms with E-state index in [0.29, 0.717) is 12.4 Å². The summed E-state index contributed by atoms with van der Waals surface area (Å²) in [6.07, 6.45) is 0. The van der Waals surface area contributed by atoms with E-state index in [1.165, 1.54) is 23.2 Å². The largest absolute Gasteiger partial charge is 0.494 e. The fraction of sp³-hybridized carbons (Fsp3) is 0.368. The smallest absolute Gasteiger partial charge is 0.332 e. The second-order valence-electron chi connectivity index (χ2n) is 6.45. The number of aromatic nitrogens is 4. The van der Waals surface area contributed by atoms with Crippen molar-refractivity contribution in [1.29, 1.82) is 0 Å². The van der Waals surface area contributed by atoms with Crippen LogP contribution in [0.15, 0.2) is 38.6 Å². The standard InChI is InChI=1S/C19H22BrN5O5/c1-4-29-12-5-7-13(8-6-12)30-10-9-21-14(26)11-25-16-15(22-18(25)20)17(27)24(3)19(28)23(16)2/h5-8H,4,9-11H2,1-3H3,(H,21,26). The van der Waals surface area contributed by atoms with Gasteiger partial charge in [-0.15, -0.1) is 0 Å². The zero-order valence-corrected chi connectivity index (χ0v) is 18.4. The van der Waals surface area contributed by atoms with E-state index >= 15 is 0 Å². The highest BCUT2D eigenvalue weighted by Crippen LogP contribution is 2.17. The molecule has 0 spiro atoms. The average molecular weight is 480 g/mol. The first-order valence-electron chi connectivity index (χ1n) is 9.27. The number of ether oxygens (including phenoxy) is 2. The summed E-state index contributed by atoms with van der Waals surface area (Å²) >= 11 is 3.26. The maximum absolute atomic E-state index is 12.4. The molecule has 3 rings (SSSR count). The number of aryl methyl sites for hydroxylation is 1. The van der Waals surface area contributed by atoms with Crippen molar-refractivity contribution in [3.05, 3.63) is 49.8 Å². The SMILES string of the molecule is CCOc1ccc(OCCNC(=O)Cn2c(Br)nc3c(=O)n(C)c(=O)n(C)c32)cc1. The second-order valence-corrected chi connectivity index (χ2v) is 7.16. The monoisotopic (exact) mass is 479 g/mol. The van der Waals surface area contributed by atoms with Gasteiger partial charge < -0.3 is 14.8 Å². The highest BCUT2D eigenvalue weighted by atomic mass is 79.9. The Hall–Kier alpha value is -3.08. The molecule has 1 amide bonds. The van der Waals surface area contributed by atoms with Crippen molar-refractivity contribution in [3.8, 4) is 11.5 Å². The Balaban J connectivity index is 1.61. The molecular formula is C19H22BrN5O5. The minimum Gasteiger partial charge on any atom is -0.494 e. The fourth-order valence-electron chi connectivity index (χ4n) is 2.96. The predicted molar refractivity (Wildman–Crippen MR) is 114 cm³/mol. The molecule has 160 valence electrons. The first kappa shape index (κ1) is 21.6. The molecule has 0 aliphatic rings. The van der Waals surface area contributed by atoms with Crippen LogP contribution in [-0.4, -0.2) is 44.4 Å². The molecule has 2 aromatic heterocycles. The van der Waals surface area contributed by atoms with Gasteiger partial charge in [0.2, 0.25) is 5.91 Å². The number of carbonyl (C=O) groups is 1. The Bertz CT molecular complexity index is 1180. The van der Waals surface area contributed by atoms with Crippen LogP contribution >= 0.6 is 15.9 Å². The summed E-state index contributed by atoms with van der Waals surface area (Å²) in [6, 6.07) is 7.21. The van der Waals surface area contributed by atoms with Gasteiger partial charge in [-0.25, -0.2) is 9.78 Å². The third kappa shape index (κ3) is 4.40. The zero-order valence-electron chi connectivity index (χ0n) is 16.8. The van der Waals surface area contributed by atoms with Gasteiger partial charge in [-0.2, -0.15) is 0 Å². The number of rotatable bonds is 8. The summed E-state index contributed by atoms with van der Waals surface area (Å²) in [5, 5.41) is 2.75. The molecule has 0 saturated heterocycles. The number of hydrogen-bond acceptors (Lipinski definition) is 6. The molecular weight excluding hydrogens is 458 g/mol. The number of carbonyl (C=O) groups excluding carboxylic acids is 1. The molecule has 1 aromatic carbocycles. The van der Waals surface area contributed by atoms with Crippen LogP contribution in [0.5, 0.6) is 11.5 Å². The lowest BCUT2D eigenvalue weighted by atomic mass is 10.3. The molecule has 11 heteroatoms. The van der Waals surface area contributed by atoms with Crippen LogP contribution < -0.4 is 26.0 Å². The van der Waals surface area contributed by atoms with E-state index < -0.39 is 11.2 Å². The third-order valence-electron chi connectivity index (χ3n) is 4.42. The van der Waals surface area contributed by atoms with E-state index in [1.54, 1.807) is 12.1 Å². The minimum atomic E-state index is -0.517. The van der Waals surface area contributed by atoms with Crippen LogP contribution in [0, 0.1) is 0 Å². The summed E-state index contributed by atoms with van der Waals surface area (Å²) in [4.78, 5) is 41.0. The van der Waals surface area contributed by atoms with Gasteiger partial charge in [-0.1, -0.05) is 0 Å². The van der Waals surface area contributed by atoms with Gasteiger partial charge in [0.1, 0.15) is 24.7 Å². The van der Waals surface area contributed by atoms with Gasteiger partial charge in [-0.3, -0.25) is 23.3 Å². The third-order valence-corrected chi connectivity index (χ3v) is 5.03. The predicted octanol–water partition coefficient (Wildman–Crippen LogP) is 0.790. The number of hydrogen-bond donors (Lipinski definition) is 1. The van der Waals surface area contributed by atoms with Crippen LogP contribution in [0.25, 0.3) is 11.2 Å². The molecule has 1 N–H and O–H groups in total. The van der Waals surface area contributed by atoms with E-state index in [0.717, 1.165) is 10.3 Å². The van der Waals surface area contributed by atoms with E-state index in [2.05, 4.69) is 26.2 Å². The highest BCUT2D eigenvalue weighted by Gasteiger charge is 2.19. The van der Waals surface area contributed by atoms with E-state index in [4.69, 9.17) is 9.47 Å². The lowest BCUT2D eigenvalue weighted by molar-refractivity contribution is -0.121. The molecule has 10 nitrogen and oxygen atoms in total. The normalized spacial score (nSPS) is 10.9. The number of nitrogens with zero attached hydrogens (tertiary/aromatic N) is 4. The molecule has 0 fully saturated rings. The van der Waals surface area contributed by atoms with Crippen molar-refractivity contribution < 1.29 is 14.3 Å². The molecule has 0 saturated carbocycles. The molecule has 0 radical (unpaired) electrons. The molecule has 2 heterocycles. The van der Waals surface area contributed by atoms with Crippen LogP contribution in [0.2, 0.25) is 0 Å². The Morgan fingerprint density at radius 1 is 1.10 bits per heavy atom. The Kier molecular flexibility index (Phi) is 6.60. The average Bonchev–Trinajstić information content (AvgIpc) is 3.05. The molecule has 30 heavy (non-hydrogen) atoms. The van der Waals surface area contributed by atoms with Crippen molar-refractivity contribution in [3.63, 3.8) is 0 Å². The number of nitrogens with one attached hydrogen (secondary N) is 1. The van der Waals surface area contributed by atoms with Crippen molar-refractivity contribution in [1.82, 2.24) is 24.0 Å². The van der Waals surface area contributed by atoms with Crippen LogP contribution in [0.1, 0.15) is 6.92 Å². The van der Waals surface area contributed by atoms with Crippen LogP contribution in [0.3, 0.4) is 0 Å². The first-order valence-corrected chi connectivity index (χ1v) is 10.1. The Morgan fingerprint density at radius 3 is 2.37 bits per heavy atom.